The number of carbonyl (C=O) groups is 2. The van der Waals surface area contributed by atoms with Crippen LogP contribution in [0.4, 0.5) is 14.5 Å². The van der Waals surface area contributed by atoms with E-state index in [0.29, 0.717) is 12.1 Å². The van der Waals surface area contributed by atoms with E-state index in [0.717, 1.165) is 0 Å². The van der Waals surface area contributed by atoms with Crippen molar-refractivity contribution in [1.82, 2.24) is 24.4 Å². The summed E-state index contributed by atoms with van der Waals surface area (Å²) >= 11 is 6.11. The van der Waals surface area contributed by atoms with Gasteiger partial charge in [-0.1, -0.05) is 25.4 Å². The van der Waals surface area contributed by atoms with E-state index in [-0.39, 0.29) is 39.9 Å². The highest BCUT2D eigenvalue weighted by Gasteiger charge is 2.31. The maximum atomic E-state index is 13.1. The lowest BCUT2D eigenvalue weighted by molar-refractivity contribution is -0.140. The maximum absolute atomic E-state index is 13.1. The monoisotopic (exact) mass is 518 g/mol. The smallest absolute Gasteiger partial charge is 0.387 e. The van der Waals surface area contributed by atoms with Gasteiger partial charge in [-0.3, -0.25) is 9.48 Å². The van der Waals surface area contributed by atoms with Crippen LogP contribution >= 0.6 is 11.6 Å². The number of halogens is 3. The van der Waals surface area contributed by atoms with Crippen LogP contribution in [-0.4, -0.2) is 49.5 Å². The fraction of sp³-hybridized carbons (Fsp3) is 0.261. The predicted octanol–water partition coefficient (Wildman–Crippen LogP) is 4.61. The number of ether oxygens (including phenoxy) is 2. The standard InChI is InChI=1S/C21H15ClF2N6O4.C2H6/c22-11-2-3-16(34-21(23)24)12(8-11)17-14(10-30(28-17)15-4-7-33-20(15)32)27-19(31)13-9-26-29-6-1-5-25-18(13)29;1-2/h1-3,5-6,8-10,15,21H,4,7H2,(H,27,31);1-2H3. The van der Waals surface area contributed by atoms with Crippen LogP contribution in [0.15, 0.2) is 49.1 Å². The maximum Gasteiger partial charge on any atom is 0.387 e. The first-order chi connectivity index (χ1) is 17.4. The molecule has 0 bridgehead atoms. The minimum Gasteiger partial charge on any atom is -0.464 e. The van der Waals surface area contributed by atoms with E-state index in [9.17, 15) is 18.4 Å². The van der Waals surface area contributed by atoms with Gasteiger partial charge in [0.2, 0.25) is 0 Å². The number of fused-ring (bicyclic) bond motifs is 1. The minimum atomic E-state index is -3.10. The summed E-state index contributed by atoms with van der Waals surface area (Å²) in [5, 5.41) is 11.4. The Morgan fingerprint density at radius 2 is 2.14 bits per heavy atom. The van der Waals surface area contributed by atoms with Gasteiger partial charge in [0.25, 0.3) is 5.91 Å². The molecule has 13 heteroatoms. The third-order valence-corrected chi connectivity index (χ3v) is 5.38. The van der Waals surface area contributed by atoms with E-state index in [2.05, 4.69) is 25.2 Å². The summed E-state index contributed by atoms with van der Waals surface area (Å²) in [7, 11) is 0. The van der Waals surface area contributed by atoms with E-state index in [1.54, 1.807) is 12.3 Å². The van der Waals surface area contributed by atoms with Crippen molar-refractivity contribution < 1.29 is 27.8 Å². The Hall–Kier alpha value is -4.06. The molecule has 4 heterocycles. The lowest BCUT2D eigenvalue weighted by atomic mass is 10.1. The number of nitrogens with one attached hydrogen (secondary N) is 1. The molecule has 1 aliphatic rings. The second kappa shape index (κ2) is 10.7. The summed E-state index contributed by atoms with van der Waals surface area (Å²) in [5.74, 6) is -1.26. The Morgan fingerprint density at radius 1 is 1.33 bits per heavy atom. The highest BCUT2D eigenvalue weighted by molar-refractivity contribution is 6.31. The number of cyclic esters (lactones) is 1. The van der Waals surface area contributed by atoms with Crippen molar-refractivity contribution in [3.8, 4) is 17.0 Å². The molecule has 4 aromatic rings. The summed E-state index contributed by atoms with van der Waals surface area (Å²) in [5.41, 5.74) is 0.815. The van der Waals surface area contributed by atoms with Gasteiger partial charge >= 0.3 is 12.6 Å². The first-order valence-electron chi connectivity index (χ1n) is 11.0. The zero-order chi connectivity index (χ0) is 25.8. The van der Waals surface area contributed by atoms with Crippen molar-refractivity contribution >= 4 is 34.8 Å². The Bertz CT molecular complexity index is 1410. The van der Waals surface area contributed by atoms with E-state index in [1.165, 1.54) is 46.0 Å². The summed E-state index contributed by atoms with van der Waals surface area (Å²) in [6.07, 6.45) is 6.29. The highest BCUT2D eigenvalue weighted by Crippen LogP contribution is 2.38. The molecule has 0 aliphatic carbocycles. The number of benzene rings is 1. The first-order valence-corrected chi connectivity index (χ1v) is 11.4. The van der Waals surface area contributed by atoms with Crippen molar-refractivity contribution in [3.05, 3.63) is 59.6 Å². The lowest BCUT2D eigenvalue weighted by Crippen LogP contribution is -2.15. The van der Waals surface area contributed by atoms with Gasteiger partial charge in [-0.05, 0) is 24.3 Å². The summed E-state index contributed by atoms with van der Waals surface area (Å²) in [4.78, 5) is 29.4. The van der Waals surface area contributed by atoms with E-state index >= 15 is 0 Å². The average molecular weight is 519 g/mol. The number of amides is 1. The van der Waals surface area contributed by atoms with Gasteiger partial charge < -0.3 is 14.8 Å². The number of hydrogen-bond acceptors (Lipinski definition) is 7. The van der Waals surface area contributed by atoms with E-state index in [4.69, 9.17) is 16.3 Å². The molecule has 3 aromatic heterocycles. The number of anilines is 1. The van der Waals surface area contributed by atoms with E-state index in [1.807, 2.05) is 13.8 Å². The predicted molar refractivity (Wildman–Crippen MR) is 126 cm³/mol. The summed E-state index contributed by atoms with van der Waals surface area (Å²) in [6.45, 7) is 1.11. The molecule has 1 aromatic carbocycles. The molecule has 36 heavy (non-hydrogen) atoms. The fourth-order valence-corrected chi connectivity index (χ4v) is 3.80. The molecule has 188 valence electrons. The van der Waals surface area contributed by atoms with Crippen LogP contribution in [0.25, 0.3) is 16.9 Å². The number of aromatic nitrogens is 5. The molecule has 1 atom stereocenters. The Kier molecular flexibility index (Phi) is 7.44. The number of esters is 1. The van der Waals surface area contributed by atoms with Gasteiger partial charge in [-0.15, -0.1) is 0 Å². The largest absolute Gasteiger partial charge is 0.464 e. The molecule has 0 spiro atoms. The van der Waals surface area contributed by atoms with Gasteiger partial charge in [-0.25, -0.2) is 14.3 Å². The van der Waals surface area contributed by atoms with Crippen LogP contribution in [0.3, 0.4) is 0 Å². The molecule has 1 aliphatic heterocycles. The van der Waals surface area contributed by atoms with Crippen LogP contribution in [-0.2, 0) is 9.53 Å². The van der Waals surface area contributed by atoms with Crippen LogP contribution in [0, 0.1) is 0 Å². The first kappa shape index (κ1) is 25.0. The van der Waals surface area contributed by atoms with Crippen molar-refractivity contribution in [2.75, 3.05) is 11.9 Å². The zero-order valence-electron chi connectivity index (χ0n) is 19.2. The normalized spacial score (nSPS) is 14.9. The number of nitrogens with zero attached hydrogens (tertiary/aromatic N) is 5. The summed E-state index contributed by atoms with van der Waals surface area (Å²) < 4.78 is 38.5. The van der Waals surface area contributed by atoms with Crippen LogP contribution in [0.2, 0.25) is 5.02 Å². The van der Waals surface area contributed by atoms with Crippen molar-refractivity contribution in [3.63, 3.8) is 0 Å². The Morgan fingerprint density at radius 3 is 2.86 bits per heavy atom. The number of rotatable bonds is 6. The van der Waals surface area contributed by atoms with Gasteiger partial charge in [0.15, 0.2) is 11.7 Å². The molecule has 5 rings (SSSR count). The van der Waals surface area contributed by atoms with Crippen LogP contribution < -0.4 is 10.1 Å². The Balaban J connectivity index is 0.00000148. The van der Waals surface area contributed by atoms with Gasteiger partial charge in [-0.2, -0.15) is 19.0 Å². The minimum absolute atomic E-state index is 0.0793. The fourth-order valence-electron chi connectivity index (χ4n) is 3.63. The lowest BCUT2D eigenvalue weighted by Gasteiger charge is -2.11. The molecule has 1 amide bonds. The molecule has 1 saturated heterocycles. The topological polar surface area (TPSA) is 113 Å². The molecule has 10 nitrogen and oxygen atoms in total. The quantitative estimate of drug-likeness (QED) is 0.371. The van der Waals surface area contributed by atoms with Crippen molar-refractivity contribution in [1.29, 1.82) is 0 Å². The molecule has 0 saturated carbocycles. The van der Waals surface area contributed by atoms with Crippen molar-refractivity contribution in [2.45, 2.75) is 32.9 Å². The molecule has 1 N–H and O–H groups in total. The SMILES string of the molecule is CC.O=C(Nc1cn(C2CCOC2=O)nc1-c1cc(Cl)ccc1OC(F)F)c1cnn2cccnc12. The van der Waals surface area contributed by atoms with Crippen molar-refractivity contribution in [2.24, 2.45) is 0 Å². The van der Waals surface area contributed by atoms with E-state index < -0.39 is 24.5 Å². The highest BCUT2D eigenvalue weighted by atomic mass is 35.5. The summed E-state index contributed by atoms with van der Waals surface area (Å²) in [6, 6.07) is 4.96. The van der Waals surface area contributed by atoms with Gasteiger partial charge in [0.1, 0.15) is 17.0 Å². The third-order valence-electron chi connectivity index (χ3n) is 5.14. The number of carbonyl (C=O) groups excluding carboxylic acids is 2. The zero-order valence-corrected chi connectivity index (χ0v) is 19.9. The second-order valence-corrected chi connectivity index (χ2v) is 7.70. The number of hydrogen-bond donors (Lipinski definition) is 1. The molecular weight excluding hydrogens is 498 g/mol. The Labute approximate surface area is 208 Å². The van der Waals surface area contributed by atoms with Crippen LogP contribution in [0.5, 0.6) is 5.75 Å². The van der Waals surface area contributed by atoms with Crippen LogP contribution in [0.1, 0.15) is 36.7 Å². The molecule has 0 radical (unpaired) electrons. The molecule has 1 fully saturated rings. The number of alkyl halides is 2. The third kappa shape index (κ3) is 4.98. The second-order valence-electron chi connectivity index (χ2n) is 7.26. The van der Waals surface area contributed by atoms with Gasteiger partial charge in [0, 0.05) is 29.4 Å². The molecule has 1 unspecified atom stereocenters. The average Bonchev–Trinajstić information content (AvgIpc) is 3.59. The molecular formula is C23H21ClF2N6O4. The van der Waals surface area contributed by atoms with Gasteiger partial charge in [0.05, 0.1) is 24.7 Å².